The number of halogens is 1. The molecule has 0 spiro atoms. The molecule has 0 saturated heterocycles. The molecular formula is C11H15ClN2O2. The zero-order valence-electron chi connectivity index (χ0n) is 9.15. The van der Waals surface area contributed by atoms with Crippen LogP contribution in [0.4, 0.5) is 5.69 Å². The van der Waals surface area contributed by atoms with Crippen LogP contribution in [0.15, 0.2) is 18.2 Å². The predicted molar refractivity (Wildman–Crippen MR) is 64.6 cm³/mol. The molecule has 1 atom stereocenters. The second kappa shape index (κ2) is 5.82. The van der Waals surface area contributed by atoms with Gasteiger partial charge in [0.25, 0.3) is 5.69 Å². The summed E-state index contributed by atoms with van der Waals surface area (Å²) in [6, 6.07) is 4.58. The van der Waals surface area contributed by atoms with Crippen molar-refractivity contribution in [3.63, 3.8) is 0 Å². The number of benzene rings is 1. The lowest BCUT2D eigenvalue weighted by atomic mass is 10.0. The van der Waals surface area contributed by atoms with E-state index in [2.05, 4.69) is 6.92 Å². The summed E-state index contributed by atoms with van der Waals surface area (Å²) in [5.74, 6) is 0. The summed E-state index contributed by atoms with van der Waals surface area (Å²) in [6.07, 6.45) is 2.90. The summed E-state index contributed by atoms with van der Waals surface area (Å²) in [5, 5.41) is 10.8. The van der Waals surface area contributed by atoms with Gasteiger partial charge in [-0.3, -0.25) is 10.1 Å². The maximum absolute atomic E-state index is 10.7. The normalized spacial score (nSPS) is 12.4. The second-order valence-corrected chi connectivity index (χ2v) is 4.12. The summed E-state index contributed by atoms with van der Waals surface area (Å²) in [4.78, 5) is 10.2. The van der Waals surface area contributed by atoms with Gasteiger partial charge in [-0.25, -0.2) is 0 Å². The predicted octanol–water partition coefficient (Wildman–Crippen LogP) is 3.44. The van der Waals surface area contributed by atoms with E-state index in [-0.39, 0.29) is 16.8 Å². The lowest BCUT2D eigenvalue weighted by Gasteiger charge is -2.11. The Bertz CT molecular complexity index is 382. The van der Waals surface area contributed by atoms with Gasteiger partial charge in [0.1, 0.15) is 5.02 Å². The van der Waals surface area contributed by atoms with Gasteiger partial charge in [-0.05, 0) is 18.1 Å². The Morgan fingerprint density at radius 3 is 2.81 bits per heavy atom. The summed E-state index contributed by atoms with van der Waals surface area (Å²) < 4.78 is 0. The zero-order chi connectivity index (χ0) is 12.1. The van der Waals surface area contributed by atoms with Crippen molar-refractivity contribution >= 4 is 17.3 Å². The molecule has 2 N–H and O–H groups in total. The number of unbranched alkanes of at least 4 members (excludes halogenated alkanes) is 1. The highest BCUT2D eigenvalue weighted by Crippen LogP contribution is 2.28. The van der Waals surface area contributed by atoms with E-state index < -0.39 is 4.92 Å². The third-order valence-electron chi connectivity index (χ3n) is 2.46. The molecular weight excluding hydrogens is 228 g/mol. The number of nitro groups is 1. The Hall–Kier alpha value is -1.13. The first kappa shape index (κ1) is 12.9. The van der Waals surface area contributed by atoms with Gasteiger partial charge in [0.2, 0.25) is 0 Å². The van der Waals surface area contributed by atoms with Gasteiger partial charge < -0.3 is 5.73 Å². The lowest BCUT2D eigenvalue weighted by Crippen LogP contribution is -2.10. The van der Waals surface area contributed by atoms with Crippen molar-refractivity contribution in [2.75, 3.05) is 0 Å². The van der Waals surface area contributed by atoms with Gasteiger partial charge >= 0.3 is 0 Å². The molecule has 4 nitrogen and oxygen atoms in total. The van der Waals surface area contributed by atoms with E-state index in [1.807, 2.05) is 0 Å². The summed E-state index contributed by atoms with van der Waals surface area (Å²) in [6.45, 7) is 2.08. The molecule has 0 radical (unpaired) electrons. The van der Waals surface area contributed by atoms with Crippen LogP contribution in [-0.2, 0) is 0 Å². The number of nitrogens with zero attached hydrogens (tertiary/aromatic N) is 1. The standard InChI is InChI=1S/C11H15ClN2O2/c1-2-3-4-10(13)8-5-6-9(12)11(7-8)14(15)16/h5-7,10H,2-4,13H2,1H3/t10-/m1/s1. The third kappa shape index (κ3) is 3.18. The number of nitrogens with two attached hydrogens (primary N) is 1. The first-order valence-electron chi connectivity index (χ1n) is 5.25. The average Bonchev–Trinajstić information content (AvgIpc) is 2.26. The molecule has 0 fully saturated rings. The van der Waals surface area contributed by atoms with E-state index in [1.165, 1.54) is 12.1 Å². The van der Waals surface area contributed by atoms with Gasteiger partial charge in [0.15, 0.2) is 0 Å². The molecule has 1 aromatic rings. The van der Waals surface area contributed by atoms with Gasteiger partial charge in [-0.2, -0.15) is 0 Å². The highest BCUT2D eigenvalue weighted by molar-refractivity contribution is 6.32. The Morgan fingerprint density at radius 1 is 1.56 bits per heavy atom. The highest BCUT2D eigenvalue weighted by atomic mass is 35.5. The highest BCUT2D eigenvalue weighted by Gasteiger charge is 2.15. The first-order valence-corrected chi connectivity index (χ1v) is 5.63. The van der Waals surface area contributed by atoms with Gasteiger partial charge in [0, 0.05) is 12.1 Å². The Morgan fingerprint density at radius 2 is 2.25 bits per heavy atom. The molecule has 0 unspecified atom stereocenters. The van der Waals surface area contributed by atoms with E-state index in [0.29, 0.717) is 0 Å². The number of hydrogen-bond donors (Lipinski definition) is 1. The molecule has 88 valence electrons. The monoisotopic (exact) mass is 242 g/mol. The molecule has 1 rings (SSSR count). The summed E-state index contributed by atoms with van der Waals surface area (Å²) >= 11 is 5.72. The molecule has 16 heavy (non-hydrogen) atoms. The number of nitro benzene ring substituents is 1. The van der Waals surface area contributed by atoms with Crippen molar-refractivity contribution in [3.05, 3.63) is 38.9 Å². The van der Waals surface area contributed by atoms with Crippen LogP contribution < -0.4 is 5.73 Å². The van der Waals surface area contributed by atoms with Gasteiger partial charge in [0.05, 0.1) is 4.92 Å². The molecule has 0 saturated carbocycles. The van der Waals surface area contributed by atoms with Crippen molar-refractivity contribution in [3.8, 4) is 0 Å². The van der Waals surface area contributed by atoms with Crippen LogP contribution in [0.2, 0.25) is 5.02 Å². The topological polar surface area (TPSA) is 69.2 Å². The van der Waals surface area contributed by atoms with E-state index in [0.717, 1.165) is 24.8 Å². The van der Waals surface area contributed by atoms with E-state index >= 15 is 0 Å². The Labute approximate surface area is 99.6 Å². The molecule has 0 heterocycles. The Kier molecular flexibility index (Phi) is 4.71. The molecule has 0 amide bonds. The molecule has 0 bridgehead atoms. The fourth-order valence-corrected chi connectivity index (χ4v) is 1.68. The van der Waals surface area contributed by atoms with Crippen molar-refractivity contribution in [2.45, 2.75) is 32.2 Å². The largest absolute Gasteiger partial charge is 0.324 e. The summed E-state index contributed by atoms with van der Waals surface area (Å²) in [7, 11) is 0. The van der Waals surface area contributed by atoms with Crippen molar-refractivity contribution in [1.82, 2.24) is 0 Å². The third-order valence-corrected chi connectivity index (χ3v) is 2.78. The fourth-order valence-electron chi connectivity index (χ4n) is 1.49. The molecule has 0 aliphatic heterocycles. The lowest BCUT2D eigenvalue weighted by molar-refractivity contribution is -0.384. The maximum Gasteiger partial charge on any atom is 0.288 e. The van der Waals surface area contributed by atoms with Crippen LogP contribution in [0, 0.1) is 10.1 Å². The fraction of sp³-hybridized carbons (Fsp3) is 0.455. The SMILES string of the molecule is CCCC[C@@H](N)c1ccc(Cl)c([N+](=O)[O-])c1. The molecule has 0 aliphatic carbocycles. The van der Waals surface area contributed by atoms with Gasteiger partial charge in [-0.1, -0.05) is 37.4 Å². The van der Waals surface area contributed by atoms with Crippen molar-refractivity contribution in [1.29, 1.82) is 0 Å². The van der Waals surface area contributed by atoms with Crippen LogP contribution in [0.1, 0.15) is 37.8 Å². The Balaban J connectivity index is 2.89. The first-order chi connectivity index (χ1) is 7.56. The summed E-state index contributed by atoms with van der Waals surface area (Å²) in [5.41, 5.74) is 6.62. The molecule has 0 aromatic heterocycles. The van der Waals surface area contributed by atoms with Crippen LogP contribution in [-0.4, -0.2) is 4.92 Å². The van der Waals surface area contributed by atoms with E-state index in [9.17, 15) is 10.1 Å². The average molecular weight is 243 g/mol. The minimum Gasteiger partial charge on any atom is -0.324 e. The second-order valence-electron chi connectivity index (χ2n) is 3.72. The zero-order valence-corrected chi connectivity index (χ0v) is 9.91. The smallest absolute Gasteiger partial charge is 0.288 e. The molecule has 0 aliphatic rings. The van der Waals surface area contributed by atoms with Crippen LogP contribution in [0.5, 0.6) is 0 Å². The number of hydrogen-bond acceptors (Lipinski definition) is 3. The van der Waals surface area contributed by atoms with Crippen molar-refractivity contribution < 1.29 is 4.92 Å². The minimum atomic E-state index is -0.488. The van der Waals surface area contributed by atoms with Crippen LogP contribution >= 0.6 is 11.6 Å². The maximum atomic E-state index is 10.7. The molecule has 1 aromatic carbocycles. The van der Waals surface area contributed by atoms with Crippen LogP contribution in [0.3, 0.4) is 0 Å². The molecule has 5 heteroatoms. The van der Waals surface area contributed by atoms with Crippen molar-refractivity contribution in [2.24, 2.45) is 5.73 Å². The van der Waals surface area contributed by atoms with Crippen LogP contribution in [0.25, 0.3) is 0 Å². The quantitative estimate of drug-likeness (QED) is 0.635. The number of rotatable bonds is 5. The van der Waals surface area contributed by atoms with E-state index in [4.69, 9.17) is 17.3 Å². The van der Waals surface area contributed by atoms with Gasteiger partial charge in [-0.15, -0.1) is 0 Å². The van der Waals surface area contributed by atoms with E-state index in [1.54, 1.807) is 6.07 Å². The minimum absolute atomic E-state index is 0.0777.